The Labute approximate surface area is 124 Å². The van der Waals surface area contributed by atoms with Gasteiger partial charge in [0.05, 0.1) is 23.7 Å². The maximum Gasteiger partial charge on any atom is 0.310 e. The predicted octanol–water partition coefficient (Wildman–Crippen LogP) is 2.08. The van der Waals surface area contributed by atoms with Crippen molar-refractivity contribution in [1.82, 2.24) is 0 Å². The lowest BCUT2D eigenvalue weighted by molar-refractivity contribution is -0.164. The molecule has 0 aromatic heterocycles. The van der Waals surface area contributed by atoms with E-state index in [0.717, 1.165) is 19.3 Å². The van der Waals surface area contributed by atoms with Gasteiger partial charge in [0.2, 0.25) is 0 Å². The van der Waals surface area contributed by atoms with Crippen LogP contribution in [0.25, 0.3) is 0 Å². The molecule has 3 aliphatic heterocycles. The highest BCUT2D eigenvalue weighted by atomic mass is 16.6. The molecule has 0 aromatic rings. The lowest BCUT2D eigenvalue weighted by Gasteiger charge is -2.26. The summed E-state index contributed by atoms with van der Waals surface area (Å²) in [5.74, 6) is 1.47. The van der Waals surface area contributed by atoms with Gasteiger partial charge in [0.1, 0.15) is 6.10 Å². The van der Waals surface area contributed by atoms with E-state index in [1.54, 1.807) is 0 Å². The van der Waals surface area contributed by atoms with Crippen molar-refractivity contribution in [3.63, 3.8) is 0 Å². The average molecular weight is 290 g/mol. The van der Waals surface area contributed by atoms with E-state index in [2.05, 4.69) is 26.0 Å². The molecular formula is C17H22O4. The largest absolute Gasteiger partial charge is 0.456 e. The van der Waals surface area contributed by atoms with Crippen molar-refractivity contribution in [3.05, 3.63) is 12.2 Å². The fraction of sp³-hybridized carbons (Fsp3) is 0.824. The number of carbonyl (C=O) groups is 1. The zero-order chi connectivity index (χ0) is 14.4. The van der Waals surface area contributed by atoms with E-state index in [0.29, 0.717) is 17.8 Å². The molecule has 4 nitrogen and oxygen atoms in total. The Bertz CT molecular complexity index is 525. The van der Waals surface area contributed by atoms with E-state index < -0.39 is 0 Å². The summed E-state index contributed by atoms with van der Waals surface area (Å²) in [6.45, 7) is 4.25. The minimum atomic E-state index is -0.191. The minimum Gasteiger partial charge on any atom is -0.456 e. The van der Waals surface area contributed by atoms with E-state index in [9.17, 15) is 4.79 Å². The highest BCUT2D eigenvalue weighted by Gasteiger charge is 2.66. The van der Waals surface area contributed by atoms with Crippen LogP contribution in [0.3, 0.4) is 0 Å². The van der Waals surface area contributed by atoms with E-state index in [4.69, 9.17) is 14.2 Å². The van der Waals surface area contributed by atoms with Crippen molar-refractivity contribution in [2.45, 2.75) is 63.1 Å². The van der Waals surface area contributed by atoms with Gasteiger partial charge in [0.15, 0.2) is 6.10 Å². The van der Waals surface area contributed by atoms with Gasteiger partial charge in [0.25, 0.3) is 0 Å². The molecule has 8 atom stereocenters. The molecule has 114 valence electrons. The molecule has 0 N–H and O–H groups in total. The average Bonchev–Trinajstić information content (AvgIpc) is 3.19. The standard InChI is InChI=1S/C17H22O4/c1-17(2)11-7-12-14(15(21-17)13(11)19-12)20-16(18)10-6-8-3-4-9(10)5-8/h3-4,8-15H,5-7H2,1-2H3. The fourth-order valence-corrected chi connectivity index (χ4v) is 5.32. The van der Waals surface area contributed by atoms with Crippen LogP contribution in [0.4, 0.5) is 0 Å². The SMILES string of the molecule is CC1(C)OC2C(OC(=O)C3CC4C=CC3C4)C3CC1C2O3. The fourth-order valence-electron chi connectivity index (χ4n) is 5.32. The Morgan fingerprint density at radius 1 is 1.19 bits per heavy atom. The van der Waals surface area contributed by atoms with Crippen molar-refractivity contribution in [2.75, 3.05) is 0 Å². The van der Waals surface area contributed by atoms with Crippen LogP contribution in [0.2, 0.25) is 0 Å². The first-order chi connectivity index (χ1) is 10.0. The van der Waals surface area contributed by atoms with E-state index in [1.807, 2.05) is 0 Å². The van der Waals surface area contributed by atoms with Crippen LogP contribution >= 0.6 is 0 Å². The molecule has 0 aromatic carbocycles. The summed E-state index contributed by atoms with van der Waals surface area (Å²) in [6.07, 6.45) is 7.43. The molecular weight excluding hydrogens is 268 g/mol. The van der Waals surface area contributed by atoms with Gasteiger partial charge in [-0.15, -0.1) is 0 Å². The number of allylic oxidation sites excluding steroid dienone is 2. The number of carbonyl (C=O) groups excluding carboxylic acids is 1. The molecule has 3 heterocycles. The lowest BCUT2D eigenvalue weighted by Crippen LogP contribution is -2.41. The lowest BCUT2D eigenvalue weighted by atomic mass is 9.80. The van der Waals surface area contributed by atoms with Gasteiger partial charge < -0.3 is 14.2 Å². The molecule has 4 bridgehead atoms. The van der Waals surface area contributed by atoms with Crippen LogP contribution in [0.5, 0.6) is 0 Å². The van der Waals surface area contributed by atoms with Crippen molar-refractivity contribution in [1.29, 1.82) is 0 Å². The van der Waals surface area contributed by atoms with E-state index in [1.165, 1.54) is 0 Å². The summed E-state index contributed by atoms with van der Waals surface area (Å²) in [7, 11) is 0. The Hall–Kier alpha value is -0.870. The third-order valence-corrected chi connectivity index (χ3v) is 6.40. The number of fused-ring (bicyclic) bond motifs is 3. The van der Waals surface area contributed by atoms with Crippen molar-refractivity contribution in [3.8, 4) is 0 Å². The molecule has 5 rings (SSSR count). The smallest absolute Gasteiger partial charge is 0.310 e. The minimum absolute atomic E-state index is 0.0298. The van der Waals surface area contributed by atoms with Crippen molar-refractivity contribution >= 4 is 5.97 Å². The van der Waals surface area contributed by atoms with Crippen LogP contribution in [0.1, 0.15) is 33.1 Å². The predicted molar refractivity (Wildman–Crippen MR) is 74.4 cm³/mol. The van der Waals surface area contributed by atoms with Gasteiger partial charge in [-0.3, -0.25) is 4.79 Å². The maximum atomic E-state index is 12.5. The Balaban J connectivity index is 1.32. The quantitative estimate of drug-likeness (QED) is 0.577. The second kappa shape index (κ2) is 3.90. The molecule has 4 fully saturated rings. The Kier molecular flexibility index (Phi) is 2.35. The van der Waals surface area contributed by atoms with E-state index >= 15 is 0 Å². The van der Waals surface area contributed by atoms with Crippen molar-refractivity contribution in [2.24, 2.45) is 23.7 Å². The zero-order valence-electron chi connectivity index (χ0n) is 12.5. The second-order valence-corrected chi connectivity index (χ2v) is 7.96. The molecule has 21 heavy (non-hydrogen) atoms. The van der Waals surface area contributed by atoms with Gasteiger partial charge in [-0.2, -0.15) is 0 Å². The first-order valence-corrected chi connectivity index (χ1v) is 8.25. The van der Waals surface area contributed by atoms with Gasteiger partial charge in [0, 0.05) is 5.92 Å². The van der Waals surface area contributed by atoms with Gasteiger partial charge in [-0.25, -0.2) is 0 Å². The van der Waals surface area contributed by atoms with Gasteiger partial charge in [-0.05, 0) is 44.9 Å². The second-order valence-electron chi connectivity index (χ2n) is 7.96. The molecule has 0 spiro atoms. The number of hydrogen-bond acceptors (Lipinski definition) is 4. The molecule has 1 saturated carbocycles. The highest BCUT2D eigenvalue weighted by Crippen LogP contribution is 2.54. The molecule has 2 aliphatic carbocycles. The first kappa shape index (κ1) is 12.7. The number of hydrogen-bond donors (Lipinski definition) is 0. The van der Waals surface area contributed by atoms with Crippen LogP contribution < -0.4 is 0 Å². The monoisotopic (exact) mass is 290 g/mol. The first-order valence-electron chi connectivity index (χ1n) is 8.25. The summed E-state index contributed by atoms with van der Waals surface area (Å²) < 4.78 is 18.0. The van der Waals surface area contributed by atoms with Crippen LogP contribution in [0.15, 0.2) is 12.2 Å². The van der Waals surface area contributed by atoms with Crippen molar-refractivity contribution < 1.29 is 19.0 Å². The Morgan fingerprint density at radius 3 is 2.76 bits per heavy atom. The number of ether oxygens (including phenoxy) is 3. The van der Waals surface area contributed by atoms with Crippen LogP contribution in [-0.4, -0.2) is 36.0 Å². The molecule has 5 aliphatic rings. The summed E-state index contributed by atoms with van der Waals surface area (Å²) in [5, 5.41) is 0. The summed E-state index contributed by atoms with van der Waals surface area (Å²) in [6, 6.07) is 0. The molecule has 3 saturated heterocycles. The molecule has 0 radical (unpaired) electrons. The summed E-state index contributed by atoms with van der Waals surface area (Å²) in [4.78, 5) is 12.5. The summed E-state index contributed by atoms with van der Waals surface area (Å²) in [5.41, 5.74) is -0.152. The normalized spacial score (nSPS) is 54.6. The van der Waals surface area contributed by atoms with Crippen LogP contribution in [-0.2, 0) is 19.0 Å². The maximum absolute atomic E-state index is 12.5. The molecule has 0 amide bonds. The van der Waals surface area contributed by atoms with Gasteiger partial charge >= 0.3 is 5.97 Å². The topological polar surface area (TPSA) is 44.8 Å². The number of rotatable bonds is 2. The summed E-state index contributed by atoms with van der Waals surface area (Å²) >= 11 is 0. The molecule has 4 heteroatoms. The molecule has 8 unspecified atom stereocenters. The third-order valence-electron chi connectivity index (χ3n) is 6.40. The van der Waals surface area contributed by atoms with Gasteiger partial charge in [-0.1, -0.05) is 12.2 Å². The third kappa shape index (κ3) is 1.61. The number of esters is 1. The zero-order valence-corrected chi connectivity index (χ0v) is 12.5. The van der Waals surface area contributed by atoms with E-state index in [-0.39, 0.29) is 41.9 Å². The Morgan fingerprint density at radius 2 is 2.05 bits per heavy atom. The van der Waals surface area contributed by atoms with Crippen LogP contribution in [0, 0.1) is 23.7 Å². The highest BCUT2D eigenvalue weighted by molar-refractivity contribution is 5.74.